The molecule has 1 N–H and O–H groups in total. The molecule has 0 unspecified atom stereocenters. The van der Waals surface area contributed by atoms with Crippen molar-refractivity contribution >= 4 is 33.2 Å². The Morgan fingerprint density at radius 1 is 1.11 bits per heavy atom. The summed E-state index contributed by atoms with van der Waals surface area (Å²) in [4.78, 5) is 12.6. The first-order valence-corrected chi connectivity index (χ1v) is 10.8. The number of piperidine rings is 1. The van der Waals surface area contributed by atoms with Crippen LogP contribution in [0.1, 0.15) is 35.7 Å². The highest BCUT2D eigenvalue weighted by Crippen LogP contribution is 2.26. The van der Waals surface area contributed by atoms with Gasteiger partial charge in [-0.2, -0.15) is 4.31 Å². The summed E-state index contributed by atoms with van der Waals surface area (Å²) in [5.41, 5.74) is 1.77. The average Bonchev–Trinajstić information content (AvgIpc) is 2.64. The molecule has 27 heavy (non-hydrogen) atoms. The molecule has 144 valence electrons. The Hall–Kier alpha value is -1.89. The van der Waals surface area contributed by atoms with Crippen molar-refractivity contribution in [1.82, 2.24) is 4.31 Å². The van der Waals surface area contributed by atoms with Crippen LogP contribution in [0.4, 0.5) is 5.69 Å². The lowest BCUT2D eigenvalue weighted by molar-refractivity contribution is 0.102. The third kappa shape index (κ3) is 4.51. The van der Waals surface area contributed by atoms with Crippen LogP contribution in [0.5, 0.6) is 0 Å². The second-order valence-electron chi connectivity index (χ2n) is 7.02. The van der Waals surface area contributed by atoms with Crippen LogP contribution in [-0.4, -0.2) is 31.7 Å². The zero-order chi connectivity index (χ0) is 19.6. The molecule has 1 saturated heterocycles. The third-order valence-corrected chi connectivity index (χ3v) is 7.08. The van der Waals surface area contributed by atoms with Crippen molar-refractivity contribution in [3.8, 4) is 0 Å². The second-order valence-corrected chi connectivity index (χ2v) is 9.40. The molecule has 3 rings (SSSR count). The lowest BCUT2D eigenvalue weighted by Gasteiger charge is -2.29. The maximum atomic E-state index is 12.9. The lowest BCUT2D eigenvalue weighted by Crippen LogP contribution is -2.37. The molecule has 1 aliphatic rings. The van der Waals surface area contributed by atoms with E-state index in [2.05, 4.69) is 12.2 Å². The van der Waals surface area contributed by atoms with Gasteiger partial charge in [-0.15, -0.1) is 0 Å². The molecule has 0 spiro atoms. The maximum absolute atomic E-state index is 12.9. The summed E-state index contributed by atoms with van der Waals surface area (Å²) < 4.78 is 27.3. The first kappa shape index (κ1) is 19.9. The number of benzene rings is 2. The highest BCUT2D eigenvalue weighted by molar-refractivity contribution is 7.89. The Kier molecular flexibility index (Phi) is 5.89. The van der Waals surface area contributed by atoms with Gasteiger partial charge in [0.1, 0.15) is 0 Å². The van der Waals surface area contributed by atoms with Crippen molar-refractivity contribution in [3.05, 3.63) is 58.6 Å². The standard InChI is InChI=1S/C20H23ClN2O3S/c1-14-9-11-23(12-10-14)27(25,26)18-7-8-19(15(2)13-18)22-20(24)16-3-5-17(21)6-4-16/h3-8,13-14H,9-12H2,1-2H3,(H,22,24). The van der Waals surface area contributed by atoms with Crippen LogP contribution in [0.2, 0.25) is 5.02 Å². The van der Waals surface area contributed by atoms with Gasteiger partial charge < -0.3 is 5.32 Å². The van der Waals surface area contributed by atoms with Crippen molar-refractivity contribution < 1.29 is 13.2 Å². The molecule has 0 aliphatic carbocycles. The van der Waals surface area contributed by atoms with Crippen molar-refractivity contribution in [2.24, 2.45) is 5.92 Å². The quantitative estimate of drug-likeness (QED) is 0.822. The number of hydrogen-bond donors (Lipinski definition) is 1. The van der Waals surface area contributed by atoms with E-state index in [1.807, 2.05) is 0 Å². The highest BCUT2D eigenvalue weighted by atomic mass is 35.5. The van der Waals surface area contributed by atoms with Crippen molar-refractivity contribution in [2.75, 3.05) is 18.4 Å². The van der Waals surface area contributed by atoms with Gasteiger partial charge >= 0.3 is 0 Å². The zero-order valence-corrected chi connectivity index (χ0v) is 17.0. The molecule has 0 atom stereocenters. The van der Waals surface area contributed by atoms with Gasteiger partial charge in [-0.25, -0.2) is 8.42 Å². The molecule has 0 bridgehead atoms. The number of sulfonamides is 1. The van der Waals surface area contributed by atoms with Gasteiger partial charge in [-0.3, -0.25) is 4.79 Å². The van der Waals surface area contributed by atoms with Crippen LogP contribution < -0.4 is 5.32 Å². The van der Waals surface area contributed by atoms with E-state index < -0.39 is 10.0 Å². The van der Waals surface area contributed by atoms with E-state index in [0.717, 1.165) is 12.8 Å². The molecule has 0 saturated carbocycles. The highest BCUT2D eigenvalue weighted by Gasteiger charge is 2.28. The molecule has 1 amide bonds. The minimum Gasteiger partial charge on any atom is -0.322 e. The molecular weight excluding hydrogens is 384 g/mol. The number of halogens is 1. The molecule has 0 radical (unpaired) electrons. The Bertz CT molecular complexity index is 934. The van der Waals surface area contributed by atoms with Crippen molar-refractivity contribution in [3.63, 3.8) is 0 Å². The lowest BCUT2D eigenvalue weighted by atomic mass is 10.0. The van der Waals surface area contributed by atoms with Crippen LogP contribution in [0.25, 0.3) is 0 Å². The molecule has 1 fully saturated rings. The maximum Gasteiger partial charge on any atom is 0.255 e. The Labute approximate surface area is 165 Å². The summed E-state index contributed by atoms with van der Waals surface area (Å²) in [5, 5.41) is 3.38. The number of aryl methyl sites for hydroxylation is 1. The number of nitrogens with one attached hydrogen (secondary N) is 1. The minimum absolute atomic E-state index is 0.263. The topological polar surface area (TPSA) is 66.5 Å². The van der Waals surface area contributed by atoms with Gasteiger partial charge in [0.05, 0.1) is 4.90 Å². The first-order chi connectivity index (χ1) is 12.8. The van der Waals surface area contributed by atoms with E-state index in [0.29, 0.717) is 40.8 Å². The Morgan fingerprint density at radius 3 is 2.33 bits per heavy atom. The van der Waals surface area contributed by atoms with Gasteiger partial charge in [0.15, 0.2) is 0 Å². The van der Waals surface area contributed by atoms with Gasteiger partial charge in [-0.05, 0) is 73.7 Å². The number of hydrogen-bond acceptors (Lipinski definition) is 3. The molecule has 0 aromatic heterocycles. The second kappa shape index (κ2) is 8.00. The number of anilines is 1. The van der Waals surface area contributed by atoms with Gasteiger partial charge in [-0.1, -0.05) is 18.5 Å². The number of amides is 1. The molecule has 1 heterocycles. The van der Waals surface area contributed by atoms with Crippen LogP contribution in [0, 0.1) is 12.8 Å². The fourth-order valence-corrected chi connectivity index (χ4v) is 4.79. The summed E-state index contributed by atoms with van der Waals surface area (Å²) >= 11 is 5.84. The van der Waals surface area contributed by atoms with Crippen LogP contribution >= 0.6 is 11.6 Å². The molecular formula is C20H23ClN2O3S. The van der Waals surface area contributed by atoms with Crippen LogP contribution in [0.15, 0.2) is 47.4 Å². The van der Waals surface area contributed by atoms with E-state index in [9.17, 15) is 13.2 Å². The fraction of sp³-hybridized carbons (Fsp3) is 0.350. The largest absolute Gasteiger partial charge is 0.322 e. The van der Waals surface area contributed by atoms with Crippen molar-refractivity contribution in [1.29, 1.82) is 0 Å². The van der Waals surface area contributed by atoms with Gasteiger partial charge in [0.25, 0.3) is 5.91 Å². The predicted octanol–water partition coefficient (Wildman–Crippen LogP) is 4.32. The molecule has 7 heteroatoms. The normalized spacial score (nSPS) is 16.3. The van der Waals surface area contributed by atoms with E-state index in [-0.39, 0.29) is 10.8 Å². The summed E-state index contributed by atoms with van der Waals surface area (Å²) in [5.74, 6) is 0.291. The Balaban J connectivity index is 1.77. The van der Waals surface area contributed by atoms with Crippen LogP contribution in [0.3, 0.4) is 0 Å². The monoisotopic (exact) mass is 406 g/mol. The number of rotatable bonds is 4. The third-order valence-electron chi connectivity index (χ3n) is 4.93. The average molecular weight is 407 g/mol. The first-order valence-electron chi connectivity index (χ1n) is 8.95. The predicted molar refractivity (Wildman–Crippen MR) is 108 cm³/mol. The smallest absolute Gasteiger partial charge is 0.255 e. The number of carbonyl (C=O) groups excluding carboxylic acids is 1. The van der Waals surface area contributed by atoms with Gasteiger partial charge in [0.2, 0.25) is 10.0 Å². The van der Waals surface area contributed by atoms with Crippen LogP contribution in [-0.2, 0) is 10.0 Å². The summed E-state index contributed by atoms with van der Waals surface area (Å²) in [6.07, 6.45) is 1.76. The van der Waals surface area contributed by atoms with E-state index in [4.69, 9.17) is 11.6 Å². The summed E-state index contributed by atoms with van der Waals surface area (Å²) in [6.45, 7) is 5.04. The van der Waals surface area contributed by atoms with E-state index in [1.54, 1.807) is 53.7 Å². The molecule has 2 aromatic rings. The molecule has 5 nitrogen and oxygen atoms in total. The minimum atomic E-state index is -3.50. The fourth-order valence-electron chi connectivity index (χ4n) is 3.11. The van der Waals surface area contributed by atoms with Crippen molar-refractivity contribution in [2.45, 2.75) is 31.6 Å². The SMILES string of the molecule is Cc1cc(S(=O)(=O)N2CCC(C)CC2)ccc1NC(=O)c1ccc(Cl)cc1. The number of carbonyl (C=O) groups is 1. The summed E-state index contributed by atoms with van der Waals surface area (Å²) in [7, 11) is -3.50. The zero-order valence-electron chi connectivity index (χ0n) is 15.4. The molecule has 1 aliphatic heterocycles. The summed E-state index contributed by atoms with van der Waals surface area (Å²) in [6, 6.07) is 11.4. The van der Waals surface area contributed by atoms with Gasteiger partial charge in [0, 0.05) is 29.4 Å². The van der Waals surface area contributed by atoms with E-state index >= 15 is 0 Å². The molecule has 2 aromatic carbocycles. The number of nitrogens with zero attached hydrogens (tertiary/aromatic N) is 1. The Morgan fingerprint density at radius 2 is 1.74 bits per heavy atom. The van der Waals surface area contributed by atoms with E-state index in [1.165, 1.54) is 0 Å².